The van der Waals surface area contributed by atoms with Crippen LogP contribution in [0, 0.1) is 0 Å². The Balaban J connectivity index is 1.57. The van der Waals surface area contributed by atoms with E-state index in [-0.39, 0.29) is 11.0 Å². The Hall–Kier alpha value is -2.35. The first-order chi connectivity index (χ1) is 14.0. The van der Waals surface area contributed by atoms with E-state index < -0.39 is 0 Å². The summed E-state index contributed by atoms with van der Waals surface area (Å²) in [6.45, 7) is 6.40. The van der Waals surface area contributed by atoms with Gasteiger partial charge in [-0.3, -0.25) is 10.1 Å². The Bertz CT molecular complexity index is 867. The summed E-state index contributed by atoms with van der Waals surface area (Å²) in [4.78, 5) is 16.9. The predicted molar refractivity (Wildman–Crippen MR) is 122 cm³/mol. The number of amides is 1. The number of rotatable bonds is 5. The lowest BCUT2D eigenvalue weighted by Crippen LogP contribution is -2.44. The number of thiocarbonyl (C=S) groups is 1. The zero-order valence-corrected chi connectivity index (χ0v) is 18.1. The molecule has 0 aliphatic carbocycles. The van der Waals surface area contributed by atoms with E-state index in [0.29, 0.717) is 17.2 Å². The van der Waals surface area contributed by atoms with Crippen molar-refractivity contribution < 1.29 is 9.53 Å². The van der Waals surface area contributed by atoms with Gasteiger partial charge in [-0.25, -0.2) is 0 Å². The molecule has 1 fully saturated rings. The quantitative estimate of drug-likeness (QED) is 0.704. The summed E-state index contributed by atoms with van der Waals surface area (Å²) in [6.07, 6.45) is 0. The Labute approximate surface area is 181 Å². The minimum Gasteiger partial charge on any atom is -0.494 e. The molecule has 1 saturated heterocycles. The van der Waals surface area contributed by atoms with E-state index in [2.05, 4.69) is 27.5 Å². The van der Waals surface area contributed by atoms with Gasteiger partial charge in [0.2, 0.25) is 0 Å². The average molecular weight is 433 g/mol. The number of likely N-dealkylation sites (N-methyl/N-ethyl adjacent to an activating group) is 1. The fourth-order valence-electron chi connectivity index (χ4n) is 3.10. The molecule has 2 aromatic carbocycles. The van der Waals surface area contributed by atoms with Crippen LogP contribution in [0.4, 0.5) is 11.4 Å². The molecule has 0 spiro atoms. The van der Waals surface area contributed by atoms with Crippen molar-refractivity contribution in [2.45, 2.75) is 6.92 Å². The number of nitrogens with zero attached hydrogens (tertiary/aromatic N) is 2. The van der Waals surface area contributed by atoms with Crippen LogP contribution in [0.25, 0.3) is 0 Å². The van der Waals surface area contributed by atoms with Crippen LogP contribution >= 0.6 is 23.8 Å². The summed E-state index contributed by atoms with van der Waals surface area (Å²) < 4.78 is 5.38. The molecule has 29 heavy (non-hydrogen) atoms. The number of nitrogens with one attached hydrogen (secondary N) is 2. The van der Waals surface area contributed by atoms with Gasteiger partial charge < -0.3 is 19.9 Å². The highest BCUT2D eigenvalue weighted by molar-refractivity contribution is 7.80. The lowest BCUT2D eigenvalue weighted by atomic mass is 10.2. The number of halogens is 1. The maximum absolute atomic E-state index is 12.4. The largest absolute Gasteiger partial charge is 0.494 e. The summed E-state index contributed by atoms with van der Waals surface area (Å²) >= 11 is 11.8. The Morgan fingerprint density at radius 3 is 2.45 bits per heavy atom. The molecule has 154 valence electrons. The van der Waals surface area contributed by atoms with Crippen LogP contribution in [0.15, 0.2) is 42.5 Å². The van der Waals surface area contributed by atoms with Crippen molar-refractivity contribution in [2.75, 3.05) is 50.1 Å². The van der Waals surface area contributed by atoms with Crippen molar-refractivity contribution in [1.29, 1.82) is 0 Å². The van der Waals surface area contributed by atoms with Gasteiger partial charge in [0.15, 0.2) is 5.11 Å². The van der Waals surface area contributed by atoms with Gasteiger partial charge in [0, 0.05) is 37.4 Å². The zero-order chi connectivity index (χ0) is 20.8. The van der Waals surface area contributed by atoms with Gasteiger partial charge in [0.25, 0.3) is 5.91 Å². The van der Waals surface area contributed by atoms with E-state index in [9.17, 15) is 4.79 Å². The zero-order valence-electron chi connectivity index (χ0n) is 16.6. The fraction of sp³-hybridized carbons (Fsp3) is 0.333. The lowest BCUT2D eigenvalue weighted by molar-refractivity contribution is 0.0977. The lowest BCUT2D eigenvalue weighted by Gasteiger charge is -2.34. The normalized spacial score (nSPS) is 14.4. The molecule has 0 bridgehead atoms. The molecule has 1 heterocycles. The summed E-state index contributed by atoms with van der Waals surface area (Å²) in [6, 6.07) is 12.6. The van der Waals surface area contributed by atoms with Crippen LogP contribution in [-0.2, 0) is 0 Å². The fourth-order valence-corrected chi connectivity index (χ4v) is 3.61. The monoisotopic (exact) mass is 432 g/mol. The highest BCUT2D eigenvalue weighted by atomic mass is 35.5. The molecule has 1 aliphatic heterocycles. The van der Waals surface area contributed by atoms with Crippen molar-refractivity contribution in [1.82, 2.24) is 10.2 Å². The molecular weight excluding hydrogens is 408 g/mol. The van der Waals surface area contributed by atoms with E-state index in [0.717, 1.165) is 43.3 Å². The first-order valence-corrected chi connectivity index (χ1v) is 10.3. The second-order valence-electron chi connectivity index (χ2n) is 6.82. The van der Waals surface area contributed by atoms with Crippen molar-refractivity contribution in [2.24, 2.45) is 0 Å². The van der Waals surface area contributed by atoms with E-state index >= 15 is 0 Å². The van der Waals surface area contributed by atoms with Crippen molar-refractivity contribution in [3.8, 4) is 5.75 Å². The third kappa shape index (κ3) is 5.82. The third-order valence-corrected chi connectivity index (χ3v) is 5.21. The SMILES string of the molecule is CCOc1ccc(C(=O)NC(=S)Nc2ccc(N3CCN(C)CC3)c(Cl)c2)cc1. The van der Waals surface area contributed by atoms with Gasteiger partial charge in [-0.1, -0.05) is 11.6 Å². The number of carbonyl (C=O) groups excluding carboxylic acids is 1. The molecule has 3 rings (SSSR count). The van der Waals surface area contributed by atoms with E-state index in [1.165, 1.54) is 0 Å². The van der Waals surface area contributed by atoms with Crippen molar-refractivity contribution >= 4 is 46.2 Å². The number of benzene rings is 2. The van der Waals surface area contributed by atoms with E-state index in [4.69, 9.17) is 28.6 Å². The van der Waals surface area contributed by atoms with Crippen molar-refractivity contribution in [3.63, 3.8) is 0 Å². The first-order valence-electron chi connectivity index (χ1n) is 9.54. The number of hydrogen-bond acceptors (Lipinski definition) is 5. The Kier molecular flexibility index (Phi) is 7.30. The van der Waals surface area contributed by atoms with Crippen LogP contribution in [0.5, 0.6) is 5.75 Å². The van der Waals surface area contributed by atoms with Gasteiger partial charge in [0.1, 0.15) is 5.75 Å². The molecule has 2 N–H and O–H groups in total. The van der Waals surface area contributed by atoms with Gasteiger partial charge >= 0.3 is 0 Å². The van der Waals surface area contributed by atoms with Gasteiger partial charge in [-0.2, -0.15) is 0 Å². The molecule has 0 saturated carbocycles. The highest BCUT2D eigenvalue weighted by Crippen LogP contribution is 2.29. The van der Waals surface area contributed by atoms with Crippen molar-refractivity contribution in [3.05, 3.63) is 53.1 Å². The van der Waals surface area contributed by atoms with Crippen LogP contribution < -0.4 is 20.3 Å². The van der Waals surface area contributed by atoms with Gasteiger partial charge in [0.05, 0.1) is 17.3 Å². The first kappa shape index (κ1) is 21.4. The third-order valence-electron chi connectivity index (χ3n) is 4.70. The Morgan fingerprint density at radius 1 is 1.14 bits per heavy atom. The molecule has 1 aliphatic rings. The minimum atomic E-state index is -0.286. The number of piperazine rings is 1. The molecule has 1 amide bonds. The summed E-state index contributed by atoms with van der Waals surface area (Å²) in [5.41, 5.74) is 2.24. The van der Waals surface area contributed by atoms with Gasteiger partial charge in [-0.15, -0.1) is 0 Å². The Morgan fingerprint density at radius 2 is 1.83 bits per heavy atom. The molecule has 2 aromatic rings. The molecule has 0 unspecified atom stereocenters. The van der Waals surface area contributed by atoms with E-state index in [1.807, 2.05) is 25.1 Å². The molecule has 0 radical (unpaired) electrons. The minimum absolute atomic E-state index is 0.215. The second kappa shape index (κ2) is 9.91. The standard InChI is InChI=1S/C21H25ClN4O2S/c1-3-28-17-7-4-15(5-8-17)20(27)24-21(29)23-16-6-9-19(18(22)14-16)26-12-10-25(2)11-13-26/h4-9,14H,3,10-13H2,1-2H3,(H2,23,24,27,29). The smallest absolute Gasteiger partial charge is 0.257 e. The molecule has 0 atom stereocenters. The van der Waals surface area contributed by atoms with Crippen LogP contribution in [0.3, 0.4) is 0 Å². The van der Waals surface area contributed by atoms with Crippen LogP contribution in [0.1, 0.15) is 17.3 Å². The average Bonchev–Trinajstić information content (AvgIpc) is 2.70. The van der Waals surface area contributed by atoms with Crippen LogP contribution in [0.2, 0.25) is 5.02 Å². The molecule has 6 nitrogen and oxygen atoms in total. The number of ether oxygens (including phenoxy) is 1. The summed E-state index contributed by atoms with van der Waals surface area (Å²) in [5.74, 6) is 0.436. The summed E-state index contributed by atoms with van der Waals surface area (Å²) in [7, 11) is 2.12. The number of anilines is 2. The molecule has 0 aromatic heterocycles. The number of carbonyl (C=O) groups is 1. The number of hydrogen-bond donors (Lipinski definition) is 2. The second-order valence-corrected chi connectivity index (χ2v) is 7.64. The van der Waals surface area contributed by atoms with E-state index in [1.54, 1.807) is 24.3 Å². The molecule has 8 heteroatoms. The summed E-state index contributed by atoms with van der Waals surface area (Å²) in [5, 5.41) is 6.56. The highest BCUT2D eigenvalue weighted by Gasteiger charge is 2.17. The maximum atomic E-state index is 12.4. The predicted octanol–water partition coefficient (Wildman–Crippen LogP) is 3.62. The van der Waals surface area contributed by atoms with Crippen LogP contribution in [-0.4, -0.2) is 55.8 Å². The van der Waals surface area contributed by atoms with Gasteiger partial charge in [-0.05, 0) is 68.7 Å². The maximum Gasteiger partial charge on any atom is 0.257 e. The topological polar surface area (TPSA) is 56.8 Å². The molecular formula is C21H25ClN4O2S.